The van der Waals surface area contributed by atoms with Crippen LogP contribution in [0.5, 0.6) is 11.5 Å². The number of nitrogens with one attached hydrogen (secondary N) is 1. The Hall–Kier alpha value is -8.89. The minimum atomic E-state index is -3.33. The highest BCUT2D eigenvalue weighted by Gasteiger charge is 2.43. The first kappa shape index (κ1) is 106. The van der Waals surface area contributed by atoms with Crippen LogP contribution in [-0.2, 0) is 158 Å². The molecule has 27 rings (SSSR count). The third-order valence-electron chi connectivity index (χ3n) is 26.2. The minimum absolute atomic E-state index is 0.0462. The van der Waals surface area contributed by atoms with Crippen LogP contribution in [0.2, 0.25) is 0 Å². The number of benzene rings is 16. The van der Waals surface area contributed by atoms with E-state index >= 15 is 0 Å². The van der Waals surface area contributed by atoms with Gasteiger partial charge < -0.3 is 10.1 Å². The van der Waals surface area contributed by atoms with Crippen LogP contribution in [0.4, 0.5) is 11.4 Å². The molecule has 0 aliphatic carbocycles. The summed E-state index contributed by atoms with van der Waals surface area (Å²) in [6.45, 7) is 0. The monoisotopic (exact) mass is 2180 g/mol. The van der Waals surface area contributed by atoms with E-state index in [0.717, 1.165) is 93.4 Å². The lowest BCUT2D eigenvalue weighted by Gasteiger charge is -2.18. The first-order chi connectivity index (χ1) is 70.1. The summed E-state index contributed by atoms with van der Waals surface area (Å²) < 4.78 is 58.5. The molecule has 0 spiro atoms. The number of hydrogen-bond acceptors (Lipinski definition) is 8. The fourth-order valence-corrected chi connectivity index (χ4v) is 45.5. The Morgan fingerprint density at radius 1 is 0.271 bits per heavy atom. The first-order valence-electron chi connectivity index (χ1n) is 48.3. The van der Waals surface area contributed by atoms with Crippen LogP contribution in [0, 0.1) is 0 Å². The molecule has 734 valence electrons. The number of aryl methyl sites for hydroxylation is 1. The topological polar surface area (TPSA) is 107 Å². The van der Waals surface area contributed by atoms with Crippen molar-refractivity contribution in [1.82, 2.24) is 0 Å². The van der Waals surface area contributed by atoms with Crippen LogP contribution in [0.15, 0.2) is 496 Å². The third kappa shape index (κ3) is 25.1. The van der Waals surface area contributed by atoms with Gasteiger partial charge in [-0.05, 0) is 257 Å². The third-order valence-corrected chi connectivity index (χ3v) is 55.3. The Kier molecular flexibility index (Phi) is 37.6. The molecule has 144 heavy (non-hydrogen) atoms. The molecule has 1 aromatic heterocycles. The highest BCUT2D eigenvalue weighted by Crippen LogP contribution is 2.49. The van der Waals surface area contributed by atoms with E-state index in [1.807, 2.05) is 133 Å². The molecule has 22 heteroatoms. The van der Waals surface area contributed by atoms with Crippen LogP contribution in [-0.4, -0.2) is 120 Å². The molecule has 0 radical (unpaired) electrons. The van der Waals surface area contributed by atoms with Crippen molar-refractivity contribution in [3.63, 3.8) is 0 Å². The van der Waals surface area contributed by atoms with Gasteiger partial charge in [-0.2, -0.15) is 0 Å². The van der Waals surface area contributed by atoms with E-state index in [1.54, 1.807) is 24.3 Å². The largest absolute Gasteiger partial charge is 0.447 e. The lowest BCUT2D eigenvalue weighted by Crippen LogP contribution is -2.21. The SMILES string of the molecule is C[S+]1CCC(=O)CC1.C[S+]1CCCC1.C[S+]1CCCCC1.C[S+]1c2ccccc2Cc2ccccc21.C[S+]1c2ccccc2Nc2ccccc21.C[S+]1c2ccccc2Oc2ccccc21.C[S+]1c2ccccc2S(=O)(=O)c2ccccc21.C[S+]1c2ccccc2S(=O)c2ccccc21.C[S+]1c2ccccc2S(=O)c2ccccc21.C[S+]1c2ccccc2Sc2ccccc21.C[s+]1c2ccccc2c2ccccc21. The molecule has 0 atom stereocenters. The maximum Gasteiger partial charge on any atom is 0.216 e. The van der Waals surface area contributed by atoms with Crippen molar-refractivity contribution in [2.24, 2.45) is 6.26 Å². The number of Topliss-reactive ketones (excluding diaryl/α,β-unsaturated/α-hetero) is 1. The van der Waals surface area contributed by atoms with Gasteiger partial charge in [-0.15, -0.1) is 0 Å². The summed E-state index contributed by atoms with van der Waals surface area (Å²) in [6.07, 6.45) is 35.3. The lowest BCUT2D eigenvalue weighted by atomic mass is 10.0. The van der Waals surface area contributed by atoms with E-state index in [9.17, 15) is 21.6 Å². The smallest absolute Gasteiger partial charge is 0.216 e. The average Bonchev–Trinajstić information content (AvgIpc) is 0.825. The van der Waals surface area contributed by atoms with E-state index in [2.05, 4.69) is 317 Å². The van der Waals surface area contributed by atoms with Crippen LogP contribution in [0.3, 0.4) is 0 Å². The van der Waals surface area contributed by atoms with Crippen molar-refractivity contribution in [2.45, 2.75) is 159 Å². The van der Waals surface area contributed by atoms with Crippen molar-refractivity contribution in [1.29, 1.82) is 0 Å². The maximum atomic E-state index is 12.4. The number of carbonyl (C=O) groups excluding carboxylic acids is 1. The molecule has 7 nitrogen and oxygen atoms in total. The number of anilines is 2. The number of ketones is 1. The van der Waals surface area contributed by atoms with E-state index in [-0.39, 0.29) is 86.7 Å². The Labute approximate surface area is 895 Å². The van der Waals surface area contributed by atoms with Gasteiger partial charge in [-0.25, -0.2) is 16.8 Å². The molecule has 3 fully saturated rings. The van der Waals surface area contributed by atoms with Gasteiger partial charge in [-0.3, -0.25) is 4.79 Å². The summed E-state index contributed by atoms with van der Waals surface area (Å²) in [6, 6.07) is 133. The zero-order chi connectivity index (χ0) is 100. The van der Waals surface area contributed by atoms with Gasteiger partial charge in [-0.1, -0.05) is 218 Å². The molecule has 0 amide bonds. The van der Waals surface area contributed by atoms with Crippen LogP contribution < -0.4 is 10.1 Å². The standard InChI is InChI=1S/C14H13S.C13H12NS.C13H11O2S2.2C13H11OS2.C13H11OS.C13H11S2.C13H11S.C6H11OS.C6H13S.C5H11S/c1-15-13-8-4-2-6-11(13)10-12-7-3-5-9-14(12)15;1-15-12-8-4-2-6-10(12)14-11-7-3-5-9-13(11)15;1-16-10-6-2-4-8-12(10)17(14,15)13-9-5-3-7-11(13)16;2*1-15-10-6-2-4-8-12(10)16(14)13-9-5-3-7-11(13)15;2*1-15-12-8-4-2-6-10(12)14-11-7-3-5-9-13(11)15;1-14-12-8-4-2-6-10(12)11-7-3-5-9-13(11)14;1-8-4-2-6(7)3-5-8;1-7-5-3-2-4-6-7;1-6-4-2-3-5-6/h2-9H,10H2,1H3;2-9,14H,1H3;2-9H,1H3;2*2-9H,1H3;2*2-9H,1H3;2-9H,1H3;2-5H2,1H3;2-6H2,1H3;2-5H2,1H3/q11*+1. The Bertz CT molecular complexity index is 6640. The molecule has 0 bridgehead atoms. The molecule has 3 saturated heterocycles. The van der Waals surface area contributed by atoms with Crippen molar-refractivity contribution in [3.05, 3.63) is 399 Å². The van der Waals surface area contributed by atoms with E-state index in [0.29, 0.717) is 26.5 Å². The second kappa shape index (κ2) is 50.9. The molecule has 10 aliphatic rings. The van der Waals surface area contributed by atoms with Gasteiger partial charge in [0.25, 0.3) is 0 Å². The predicted octanol–water partition coefficient (Wildman–Crippen LogP) is 29.4. The lowest BCUT2D eigenvalue weighted by molar-refractivity contribution is -0.118. The molecule has 17 aromatic rings. The zero-order valence-electron chi connectivity index (χ0n) is 83.4. The number of para-hydroxylation sites is 4. The van der Waals surface area contributed by atoms with E-state index in [1.165, 1.54) is 166 Å². The number of carbonyl (C=O) groups is 1. The Morgan fingerprint density at radius 3 is 0.931 bits per heavy atom. The summed E-state index contributed by atoms with van der Waals surface area (Å²) in [5.74, 6) is 10.8. The molecule has 11 heterocycles. The average molecular weight is 2180 g/mol. The predicted molar refractivity (Wildman–Crippen MR) is 635 cm³/mol. The summed E-state index contributed by atoms with van der Waals surface area (Å²) in [4.78, 5) is 36.5. The zero-order valence-corrected chi connectivity index (χ0v) is 95.7. The van der Waals surface area contributed by atoms with Crippen molar-refractivity contribution in [3.8, 4) is 11.5 Å². The number of ether oxygens (including phenoxy) is 1. The molecule has 10 aliphatic heterocycles. The molecular formula is C122H126NO6S15+11. The number of hydrogen-bond donors (Lipinski definition) is 1. The maximum absolute atomic E-state index is 12.4. The van der Waals surface area contributed by atoms with Gasteiger partial charge in [0.1, 0.15) is 100 Å². The highest BCUT2D eigenvalue weighted by atomic mass is 32.2. The van der Waals surface area contributed by atoms with E-state index < -0.39 is 31.4 Å². The van der Waals surface area contributed by atoms with E-state index in [4.69, 9.17) is 4.74 Å². The number of fused-ring (bicyclic) bond motifs is 17. The summed E-state index contributed by atoms with van der Waals surface area (Å²) in [5, 5.41) is 6.33. The fourth-order valence-electron chi connectivity index (χ4n) is 18.4. The van der Waals surface area contributed by atoms with Crippen LogP contribution in [0.1, 0.15) is 56.1 Å². The second-order valence-electron chi connectivity index (χ2n) is 35.7. The molecule has 0 unspecified atom stereocenters. The Morgan fingerprint density at radius 2 is 0.542 bits per heavy atom. The van der Waals surface area contributed by atoms with Gasteiger partial charge in [0.05, 0.1) is 170 Å². The highest BCUT2D eigenvalue weighted by molar-refractivity contribution is 8.04. The summed E-state index contributed by atoms with van der Waals surface area (Å²) in [5.41, 5.74) is 5.51. The van der Waals surface area contributed by atoms with Crippen LogP contribution in [0.25, 0.3) is 20.2 Å². The van der Waals surface area contributed by atoms with Gasteiger partial charge in [0.15, 0.2) is 79.6 Å². The van der Waals surface area contributed by atoms with Crippen LogP contribution >= 0.6 is 22.2 Å². The van der Waals surface area contributed by atoms with Crippen molar-refractivity contribution < 1.29 is 26.4 Å². The minimum Gasteiger partial charge on any atom is -0.447 e. The first-order valence-corrected chi connectivity index (χ1v) is 71.9. The number of sulfone groups is 1. The normalized spacial score (nSPS) is 17.6. The molecule has 16 aromatic carbocycles. The number of rotatable bonds is 0. The fraction of sp³-hybridized carbons (Fsp3) is 0.205. The van der Waals surface area contributed by atoms with Crippen molar-refractivity contribution >= 4 is 200 Å². The quantitative estimate of drug-likeness (QED) is 0.150. The second-order valence-corrected chi connectivity index (χ2v) is 63.8. The number of thiophene rings is 1. The molecule has 0 saturated carbocycles. The molecular weight excluding hydrogens is 2060 g/mol. The van der Waals surface area contributed by atoms with Gasteiger partial charge in [0, 0.05) is 28.3 Å². The summed E-state index contributed by atoms with van der Waals surface area (Å²) in [7, 11) is -2.09. The Balaban J connectivity index is 0.000000110. The van der Waals surface area contributed by atoms with Gasteiger partial charge >= 0.3 is 0 Å². The van der Waals surface area contributed by atoms with Crippen molar-refractivity contribution in [2.75, 3.05) is 102 Å². The summed E-state index contributed by atoms with van der Waals surface area (Å²) >= 11 is 1.89. The van der Waals surface area contributed by atoms with Gasteiger partial charge in [0.2, 0.25) is 19.6 Å². The molecule has 1 N–H and O–H groups in total.